The Balaban J connectivity index is 1.95. The van der Waals surface area contributed by atoms with Crippen molar-refractivity contribution in [1.82, 2.24) is 9.97 Å². The van der Waals surface area contributed by atoms with E-state index in [1.165, 1.54) is 5.56 Å². The fourth-order valence-electron chi connectivity index (χ4n) is 2.72. The third kappa shape index (κ3) is 2.16. The van der Waals surface area contributed by atoms with Crippen molar-refractivity contribution in [3.05, 3.63) is 47.9 Å². The van der Waals surface area contributed by atoms with Crippen molar-refractivity contribution in [3.63, 3.8) is 0 Å². The van der Waals surface area contributed by atoms with Gasteiger partial charge in [0.2, 0.25) is 0 Å². The molecule has 2 aromatic heterocycles. The fourth-order valence-corrected chi connectivity index (χ4v) is 2.72. The molecule has 0 saturated carbocycles. The molecule has 1 fully saturated rings. The Hall–Kier alpha value is -2.61. The van der Waals surface area contributed by atoms with Crippen LogP contribution in [0.2, 0.25) is 0 Å². The monoisotopic (exact) mass is 265 g/mol. The molecule has 0 bridgehead atoms. The molecule has 20 heavy (non-hydrogen) atoms. The van der Waals surface area contributed by atoms with Gasteiger partial charge in [-0.05, 0) is 30.5 Å². The standard InChI is InChI=1S/C15H15N5/c16-8-11-7-13(17)15(19-9-11)20-6-2-4-14(20)12-3-1-5-18-10-12/h1,3,5,7,9-10,14H,2,4,6,17H2. The summed E-state index contributed by atoms with van der Waals surface area (Å²) in [5, 5.41) is 8.88. The normalized spacial score (nSPS) is 17.9. The quantitative estimate of drug-likeness (QED) is 0.901. The van der Waals surface area contributed by atoms with E-state index in [1.807, 2.05) is 12.3 Å². The van der Waals surface area contributed by atoms with Gasteiger partial charge < -0.3 is 10.6 Å². The first-order chi connectivity index (χ1) is 9.79. The van der Waals surface area contributed by atoms with Crippen LogP contribution in [0.1, 0.15) is 30.0 Å². The summed E-state index contributed by atoms with van der Waals surface area (Å²) in [6.07, 6.45) is 7.40. The van der Waals surface area contributed by atoms with Crippen molar-refractivity contribution >= 4 is 11.5 Å². The third-order valence-corrected chi connectivity index (χ3v) is 3.62. The molecule has 3 heterocycles. The summed E-state index contributed by atoms with van der Waals surface area (Å²) in [5.74, 6) is 0.760. The highest BCUT2D eigenvalue weighted by molar-refractivity contribution is 5.65. The number of rotatable bonds is 2. The number of hydrogen-bond acceptors (Lipinski definition) is 5. The number of nitrogens with zero attached hydrogens (tertiary/aromatic N) is 4. The number of nitriles is 1. The Kier molecular flexibility index (Phi) is 3.21. The molecule has 1 atom stereocenters. The third-order valence-electron chi connectivity index (χ3n) is 3.62. The molecule has 0 aliphatic carbocycles. The Bertz CT molecular complexity index is 647. The predicted octanol–water partition coefficient (Wildman–Crippen LogP) is 2.27. The molecule has 2 aromatic rings. The van der Waals surface area contributed by atoms with Gasteiger partial charge in [0.15, 0.2) is 5.82 Å². The van der Waals surface area contributed by atoms with Crippen LogP contribution in [0.5, 0.6) is 0 Å². The molecule has 0 aromatic carbocycles. The number of hydrogen-bond donors (Lipinski definition) is 1. The Morgan fingerprint density at radius 2 is 2.30 bits per heavy atom. The summed E-state index contributed by atoms with van der Waals surface area (Å²) >= 11 is 0. The van der Waals surface area contributed by atoms with Crippen LogP contribution < -0.4 is 10.6 Å². The fraction of sp³-hybridized carbons (Fsp3) is 0.267. The van der Waals surface area contributed by atoms with Gasteiger partial charge in [0.1, 0.15) is 6.07 Å². The van der Waals surface area contributed by atoms with Crippen molar-refractivity contribution in [1.29, 1.82) is 5.26 Å². The van der Waals surface area contributed by atoms with Gasteiger partial charge in [-0.25, -0.2) is 4.98 Å². The Morgan fingerprint density at radius 3 is 3.00 bits per heavy atom. The van der Waals surface area contributed by atoms with Gasteiger partial charge in [0, 0.05) is 25.1 Å². The molecule has 1 saturated heterocycles. The van der Waals surface area contributed by atoms with Gasteiger partial charge in [0.05, 0.1) is 17.3 Å². The van der Waals surface area contributed by atoms with Gasteiger partial charge in [-0.2, -0.15) is 5.26 Å². The lowest BCUT2D eigenvalue weighted by Crippen LogP contribution is -2.24. The average molecular weight is 265 g/mol. The highest BCUT2D eigenvalue weighted by atomic mass is 15.2. The molecule has 0 radical (unpaired) electrons. The second-order valence-electron chi connectivity index (χ2n) is 4.89. The first-order valence-electron chi connectivity index (χ1n) is 6.62. The lowest BCUT2D eigenvalue weighted by Gasteiger charge is -2.26. The van der Waals surface area contributed by atoms with Crippen molar-refractivity contribution < 1.29 is 0 Å². The van der Waals surface area contributed by atoms with Crippen LogP contribution in [0.3, 0.4) is 0 Å². The van der Waals surface area contributed by atoms with Crippen LogP contribution in [0.25, 0.3) is 0 Å². The molecule has 5 nitrogen and oxygen atoms in total. The van der Waals surface area contributed by atoms with Crippen molar-refractivity contribution in [2.24, 2.45) is 0 Å². The van der Waals surface area contributed by atoms with Crippen LogP contribution in [-0.4, -0.2) is 16.5 Å². The lowest BCUT2D eigenvalue weighted by atomic mass is 10.1. The highest BCUT2D eigenvalue weighted by Crippen LogP contribution is 2.37. The molecule has 5 heteroatoms. The van der Waals surface area contributed by atoms with Crippen molar-refractivity contribution in [2.45, 2.75) is 18.9 Å². The molecule has 0 amide bonds. The second-order valence-corrected chi connectivity index (χ2v) is 4.89. The maximum Gasteiger partial charge on any atom is 0.152 e. The second kappa shape index (κ2) is 5.17. The minimum absolute atomic E-state index is 0.256. The van der Waals surface area contributed by atoms with E-state index in [-0.39, 0.29) is 6.04 Å². The van der Waals surface area contributed by atoms with E-state index in [0.717, 1.165) is 25.2 Å². The van der Waals surface area contributed by atoms with Crippen molar-refractivity contribution in [2.75, 3.05) is 17.2 Å². The van der Waals surface area contributed by atoms with Crippen LogP contribution in [0.15, 0.2) is 36.8 Å². The van der Waals surface area contributed by atoms with Gasteiger partial charge in [-0.1, -0.05) is 6.07 Å². The summed E-state index contributed by atoms with van der Waals surface area (Å²) < 4.78 is 0. The van der Waals surface area contributed by atoms with Crippen LogP contribution in [0, 0.1) is 11.3 Å². The molecule has 2 N–H and O–H groups in total. The number of pyridine rings is 2. The molecule has 1 unspecified atom stereocenters. The number of nitrogen functional groups attached to an aromatic ring is 1. The summed E-state index contributed by atoms with van der Waals surface area (Å²) in [6.45, 7) is 0.919. The summed E-state index contributed by atoms with van der Waals surface area (Å²) in [5.41, 5.74) is 8.27. The minimum Gasteiger partial charge on any atom is -0.396 e. The van der Waals surface area contributed by atoms with Crippen LogP contribution in [-0.2, 0) is 0 Å². The van der Waals surface area contributed by atoms with Gasteiger partial charge in [-0.15, -0.1) is 0 Å². The molecular formula is C15H15N5. The van der Waals surface area contributed by atoms with Crippen molar-refractivity contribution in [3.8, 4) is 6.07 Å². The van der Waals surface area contributed by atoms with E-state index >= 15 is 0 Å². The predicted molar refractivity (Wildman–Crippen MR) is 76.9 cm³/mol. The molecule has 1 aliphatic rings. The zero-order valence-electron chi connectivity index (χ0n) is 11.0. The minimum atomic E-state index is 0.256. The molecular weight excluding hydrogens is 250 g/mol. The van der Waals surface area contributed by atoms with E-state index in [0.29, 0.717) is 11.3 Å². The zero-order chi connectivity index (χ0) is 13.9. The average Bonchev–Trinajstić information content (AvgIpc) is 2.97. The topological polar surface area (TPSA) is 78.8 Å². The SMILES string of the molecule is N#Cc1cnc(N2CCCC2c2cccnc2)c(N)c1. The largest absolute Gasteiger partial charge is 0.396 e. The van der Waals surface area contributed by atoms with E-state index in [2.05, 4.69) is 27.0 Å². The van der Waals surface area contributed by atoms with Crippen LogP contribution in [0.4, 0.5) is 11.5 Å². The lowest BCUT2D eigenvalue weighted by molar-refractivity contribution is 0.709. The Morgan fingerprint density at radius 1 is 1.40 bits per heavy atom. The number of anilines is 2. The highest BCUT2D eigenvalue weighted by Gasteiger charge is 2.28. The number of nitrogens with two attached hydrogens (primary N) is 1. The first kappa shape index (κ1) is 12.4. The molecule has 0 spiro atoms. The maximum atomic E-state index is 8.88. The summed E-state index contributed by atoms with van der Waals surface area (Å²) in [6, 6.07) is 8.02. The molecule has 3 rings (SSSR count). The summed E-state index contributed by atoms with van der Waals surface area (Å²) in [4.78, 5) is 10.8. The first-order valence-corrected chi connectivity index (χ1v) is 6.62. The van der Waals surface area contributed by atoms with Gasteiger partial charge in [-0.3, -0.25) is 4.98 Å². The summed E-state index contributed by atoms with van der Waals surface area (Å²) in [7, 11) is 0. The smallest absolute Gasteiger partial charge is 0.152 e. The van der Waals surface area contributed by atoms with E-state index < -0.39 is 0 Å². The van der Waals surface area contributed by atoms with Gasteiger partial charge in [0.25, 0.3) is 0 Å². The number of aromatic nitrogens is 2. The van der Waals surface area contributed by atoms with E-state index in [1.54, 1.807) is 18.5 Å². The van der Waals surface area contributed by atoms with Gasteiger partial charge >= 0.3 is 0 Å². The maximum absolute atomic E-state index is 8.88. The Labute approximate surface area is 117 Å². The van der Waals surface area contributed by atoms with E-state index in [4.69, 9.17) is 11.0 Å². The molecule has 100 valence electrons. The van der Waals surface area contributed by atoms with E-state index in [9.17, 15) is 0 Å². The molecule has 1 aliphatic heterocycles. The van der Waals surface area contributed by atoms with Crippen LogP contribution >= 0.6 is 0 Å². The zero-order valence-corrected chi connectivity index (χ0v) is 11.0.